The smallest absolute Gasteiger partial charge is 0.270 e. The summed E-state index contributed by atoms with van der Waals surface area (Å²) >= 11 is 7.70. The summed E-state index contributed by atoms with van der Waals surface area (Å²) < 4.78 is 0. The van der Waals surface area contributed by atoms with E-state index in [-0.39, 0.29) is 5.91 Å². The van der Waals surface area contributed by atoms with Gasteiger partial charge in [0.1, 0.15) is 10.7 Å². The third-order valence-corrected chi connectivity index (χ3v) is 7.75. The first-order valence-electron chi connectivity index (χ1n) is 13.4. The number of benzene rings is 3. The number of thiazole rings is 1. The van der Waals surface area contributed by atoms with Crippen LogP contribution in [-0.2, 0) is 13.1 Å². The molecule has 0 aliphatic rings. The van der Waals surface area contributed by atoms with Crippen LogP contribution in [0.4, 0.5) is 0 Å². The van der Waals surface area contributed by atoms with E-state index in [1.807, 2.05) is 17.5 Å². The van der Waals surface area contributed by atoms with E-state index in [4.69, 9.17) is 16.6 Å². The van der Waals surface area contributed by atoms with Gasteiger partial charge < -0.3 is 5.32 Å². The fraction of sp³-hybridized carbons (Fsp3) is 0.312. The third kappa shape index (κ3) is 8.52. The molecule has 4 rings (SSSR count). The zero-order valence-electron chi connectivity index (χ0n) is 22.0. The number of nitrogens with zero attached hydrogens (tertiary/aromatic N) is 2. The first-order valence-corrected chi connectivity index (χ1v) is 14.7. The number of hydrogen-bond acceptors (Lipinski definition) is 4. The summed E-state index contributed by atoms with van der Waals surface area (Å²) in [5.41, 5.74) is 4.36. The van der Waals surface area contributed by atoms with Crippen molar-refractivity contribution in [1.29, 1.82) is 0 Å². The van der Waals surface area contributed by atoms with Gasteiger partial charge in [0.25, 0.3) is 5.91 Å². The SMILES string of the molecule is CCCCCNC(=O)c1csc(CN(CCC(c2ccccc2)c2ccccc2)Cc2ccc(Cl)cc2)n1. The Labute approximate surface area is 235 Å². The standard InChI is InChI=1S/C32H36ClN3OS/c1-2-3-10-20-34-32(37)30-24-38-31(35-30)23-36(22-25-15-17-28(33)18-16-25)21-19-29(26-11-6-4-7-12-26)27-13-8-5-9-14-27/h4-9,11-18,24,29H,2-3,10,19-23H2,1H3,(H,34,37). The largest absolute Gasteiger partial charge is 0.351 e. The van der Waals surface area contributed by atoms with Crippen molar-refractivity contribution in [1.82, 2.24) is 15.2 Å². The summed E-state index contributed by atoms with van der Waals surface area (Å²) in [5.74, 6) is 0.215. The van der Waals surface area contributed by atoms with Crippen molar-refractivity contribution in [2.45, 2.75) is 51.6 Å². The molecule has 0 aliphatic heterocycles. The summed E-state index contributed by atoms with van der Waals surface area (Å²) in [6.07, 6.45) is 4.22. The van der Waals surface area contributed by atoms with Crippen LogP contribution >= 0.6 is 22.9 Å². The maximum Gasteiger partial charge on any atom is 0.270 e. The second-order valence-corrected chi connectivity index (χ2v) is 11.0. The molecule has 0 saturated carbocycles. The highest BCUT2D eigenvalue weighted by atomic mass is 35.5. The second kappa shape index (κ2) is 14.8. The van der Waals surface area contributed by atoms with Crippen LogP contribution in [0.3, 0.4) is 0 Å². The number of amides is 1. The molecule has 0 fully saturated rings. The molecule has 0 aliphatic carbocycles. The van der Waals surface area contributed by atoms with Crippen LogP contribution in [0.5, 0.6) is 0 Å². The van der Waals surface area contributed by atoms with Crippen molar-refractivity contribution in [3.8, 4) is 0 Å². The number of rotatable bonds is 14. The Morgan fingerprint density at radius 2 is 1.58 bits per heavy atom. The van der Waals surface area contributed by atoms with Crippen LogP contribution in [0, 0.1) is 0 Å². The Kier molecular flexibility index (Phi) is 10.9. The lowest BCUT2D eigenvalue weighted by molar-refractivity contribution is 0.0948. The summed E-state index contributed by atoms with van der Waals surface area (Å²) in [6, 6.07) is 29.5. The van der Waals surface area contributed by atoms with Gasteiger partial charge in [-0.2, -0.15) is 0 Å². The average Bonchev–Trinajstić information content (AvgIpc) is 3.42. The van der Waals surface area contributed by atoms with E-state index in [0.717, 1.165) is 48.8 Å². The van der Waals surface area contributed by atoms with Gasteiger partial charge in [0.15, 0.2) is 0 Å². The van der Waals surface area contributed by atoms with Crippen molar-refractivity contribution in [3.63, 3.8) is 0 Å². The minimum absolute atomic E-state index is 0.0823. The second-order valence-electron chi connectivity index (χ2n) is 9.59. The molecule has 6 heteroatoms. The monoisotopic (exact) mass is 545 g/mol. The predicted molar refractivity (Wildman–Crippen MR) is 159 cm³/mol. The first kappa shape index (κ1) is 28.0. The van der Waals surface area contributed by atoms with E-state index >= 15 is 0 Å². The molecule has 0 unspecified atom stereocenters. The highest BCUT2D eigenvalue weighted by Gasteiger charge is 2.18. The highest BCUT2D eigenvalue weighted by molar-refractivity contribution is 7.09. The maximum absolute atomic E-state index is 12.6. The molecule has 38 heavy (non-hydrogen) atoms. The molecule has 4 nitrogen and oxygen atoms in total. The fourth-order valence-corrected chi connectivity index (χ4v) is 5.56. The molecule has 0 bridgehead atoms. The molecule has 0 radical (unpaired) electrons. The average molecular weight is 546 g/mol. The van der Waals surface area contributed by atoms with E-state index in [1.165, 1.54) is 16.7 Å². The molecule has 0 atom stereocenters. The summed E-state index contributed by atoms with van der Waals surface area (Å²) in [4.78, 5) is 19.7. The lowest BCUT2D eigenvalue weighted by atomic mass is 9.88. The number of unbranched alkanes of at least 4 members (excludes halogenated alkanes) is 2. The van der Waals surface area contributed by atoms with Gasteiger partial charge in [0.2, 0.25) is 0 Å². The Bertz CT molecular complexity index is 1210. The van der Waals surface area contributed by atoms with Gasteiger partial charge in [-0.05, 0) is 48.2 Å². The molecule has 4 aromatic rings. The molecule has 0 saturated heterocycles. The van der Waals surface area contributed by atoms with E-state index in [1.54, 1.807) is 11.3 Å². The van der Waals surface area contributed by atoms with E-state index in [0.29, 0.717) is 24.7 Å². The molecule has 198 valence electrons. The van der Waals surface area contributed by atoms with Gasteiger partial charge >= 0.3 is 0 Å². The first-order chi connectivity index (χ1) is 18.6. The molecule has 1 amide bonds. The van der Waals surface area contributed by atoms with Crippen molar-refractivity contribution in [2.75, 3.05) is 13.1 Å². The lowest BCUT2D eigenvalue weighted by Crippen LogP contribution is -2.26. The molecular weight excluding hydrogens is 510 g/mol. The van der Waals surface area contributed by atoms with Crippen LogP contribution < -0.4 is 5.32 Å². The van der Waals surface area contributed by atoms with E-state index in [9.17, 15) is 4.79 Å². The third-order valence-electron chi connectivity index (χ3n) is 6.67. The Hall–Kier alpha value is -2.99. The molecule has 3 aromatic carbocycles. The van der Waals surface area contributed by atoms with Gasteiger partial charge in [-0.3, -0.25) is 9.69 Å². The normalized spacial score (nSPS) is 11.3. The summed E-state index contributed by atoms with van der Waals surface area (Å²) in [6.45, 7) is 5.21. The number of carbonyl (C=O) groups excluding carboxylic acids is 1. The quantitative estimate of drug-likeness (QED) is 0.164. The summed E-state index contributed by atoms with van der Waals surface area (Å²) in [5, 5.41) is 6.57. The number of hydrogen-bond donors (Lipinski definition) is 1. The maximum atomic E-state index is 12.6. The minimum atomic E-state index is -0.0823. The van der Waals surface area contributed by atoms with Crippen LogP contribution in [0.15, 0.2) is 90.3 Å². The Morgan fingerprint density at radius 3 is 2.21 bits per heavy atom. The number of aromatic nitrogens is 1. The Morgan fingerprint density at radius 1 is 0.921 bits per heavy atom. The van der Waals surface area contributed by atoms with Gasteiger partial charge in [-0.1, -0.05) is 104 Å². The van der Waals surface area contributed by atoms with Crippen LogP contribution in [0.1, 0.15) is 70.7 Å². The number of halogens is 1. The van der Waals surface area contributed by atoms with Crippen molar-refractivity contribution in [3.05, 3.63) is 123 Å². The van der Waals surface area contributed by atoms with Crippen LogP contribution in [0.2, 0.25) is 5.02 Å². The zero-order chi connectivity index (χ0) is 26.6. The molecule has 1 aromatic heterocycles. The topological polar surface area (TPSA) is 45.2 Å². The van der Waals surface area contributed by atoms with Crippen molar-refractivity contribution in [2.24, 2.45) is 0 Å². The van der Waals surface area contributed by atoms with E-state index < -0.39 is 0 Å². The molecule has 0 spiro atoms. The van der Waals surface area contributed by atoms with Crippen LogP contribution in [0.25, 0.3) is 0 Å². The fourth-order valence-electron chi connectivity index (χ4n) is 4.62. The minimum Gasteiger partial charge on any atom is -0.351 e. The number of nitrogens with one attached hydrogen (secondary N) is 1. The van der Waals surface area contributed by atoms with Crippen molar-refractivity contribution < 1.29 is 4.79 Å². The highest BCUT2D eigenvalue weighted by Crippen LogP contribution is 2.29. The molecule has 1 heterocycles. The molecular formula is C32H36ClN3OS. The zero-order valence-corrected chi connectivity index (χ0v) is 23.6. The van der Waals surface area contributed by atoms with Gasteiger partial charge in [0, 0.05) is 29.4 Å². The van der Waals surface area contributed by atoms with E-state index in [2.05, 4.69) is 89.9 Å². The van der Waals surface area contributed by atoms with Crippen molar-refractivity contribution >= 4 is 28.8 Å². The van der Waals surface area contributed by atoms with Gasteiger partial charge in [-0.25, -0.2) is 4.98 Å². The Balaban J connectivity index is 1.48. The van der Waals surface area contributed by atoms with Gasteiger partial charge in [-0.15, -0.1) is 11.3 Å². The number of carbonyl (C=O) groups is 1. The predicted octanol–water partition coefficient (Wildman–Crippen LogP) is 7.94. The lowest BCUT2D eigenvalue weighted by Gasteiger charge is -2.25. The summed E-state index contributed by atoms with van der Waals surface area (Å²) in [7, 11) is 0. The van der Waals surface area contributed by atoms with Crippen LogP contribution in [-0.4, -0.2) is 28.9 Å². The molecule has 1 N–H and O–H groups in total. The van der Waals surface area contributed by atoms with Gasteiger partial charge in [0.05, 0.1) is 6.54 Å².